The molecule has 17 heavy (non-hydrogen) atoms. The second-order valence-electron chi connectivity index (χ2n) is 4.19. The highest BCUT2D eigenvalue weighted by molar-refractivity contribution is 7.90. The van der Waals surface area contributed by atoms with Crippen LogP contribution in [0.15, 0.2) is 28.1 Å². The van der Waals surface area contributed by atoms with Gasteiger partial charge < -0.3 is 5.11 Å². The summed E-state index contributed by atoms with van der Waals surface area (Å²) >= 11 is 0. The number of hydrogen-bond donors (Lipinski definition) is 1. The molecule has 0 amide bonds. The van der Waals surface area contributed by atoms with Gasteiger partial charge in [0.15, 0.2) is 9.84 Å². The quantitative estimate of drug-likeness (QED) is 0.646. The van der Waals surface area contributed by atoms with Crippen molar-refractivity contribution in [2.24, 2.45) is 4.99 Å². The molecular formula is C11H11NO4S. The molecule has 1 aromatic carbocycles. The van der Waals surface area contributed by atoms with Crippen molar-refractivity contribution in [1.82, 2.24) is 0 Å². The van der Waals surface area contributed by atoms with E-state index in [1.165, 1.54) is 18.2 Å². The van der Waals surface area contributed by atoms with Crippen LogP contribution in [-0.4, -0.2) is 25.9 Å². The zero-order valence-electron chi connectivity index (χ0n) is 9.17. The van der Waals surface area contributed by atoms with Crippen molar-refractivity contribution in [3.05, 3.63) is 23.8 Å². The Morgan fingerprint density at radius 3 is 2.47 bits per heavy atom. The summed E-state index contributed by atoms with van der Waals surface area (Å²) in [7, 11) is -3.45. The number of carbonyl (C=O) groups excluding carboxylic acids is 1. The minimum absolute atomic E-state index is 0.118. The van der Waals surface area contributed by atoms with E-state index in [0.717, 1.165) is 6.26 Å². The van der Waals surface area contributed by atoms with Gasteiger partial charge in [0.05, 0.1) is 5.54 Å². The van der Waals surface area contributed by atoms with Crippen molar-refractivity contribution >= 4 is 15.9 Å². The number of nitrogens with zero attached hydrogens (tertiary/aromatic N) is 1. The number of sulfone groups is 1. The van der Waals surface area contributed by atoms with Crippen molar-refractivity contribution < 1.29 is 18.3 Å². The first-order chi connectivity index (χ1) is 7.89. The zero-order chi connectivity index (χ0) is 12.7. The Labute approximate surface area is 98.7 Å². The van der Waals surface area contributed by atoms with Crippen LogP contribution in [0.2, 0.25) is 0 Å². The first kappa shape index (κ1) is 11.8. The van der Waals surface area contributed by atoms with Gasteiger partial charge in [-0.3, -0.25) is 0 Å². The van der Waals surface area contributed by atoms with Gasteiger partial charge in [0.1, 0.15) is 10.6 Å². The van der Waals surface area contributed by atoms with Gasteiger partial charge in [0.25, 0.3) is 0 Å². The summed E-state index contributed by atoms with van der Waals surface area (Å²) in [5.41, 5.74) is 0.0423. The van der Waals surface area contributed by atoms with Crippen molar-refractivity contribution in [1.29, 1.82) is 0 Å². The van der Waals surface area contributed by atoms with E-state index < -0.39 is 15.4 Å². The van der Waals surface area contributed by atoms with Crippen LogP contribution in [0.5, 0.6) is 5.75 Å². The van der Waals surface area contributed by atoms with E-state index in [4.69, 9.17) is 0 Å². The maximum Gasteiger partial charge on any atom is 0.235 e. The number of aliphatic imine (C=N–C) groups is 1. The molecule has 1 fully saturated rings. The predicted octanol–water partition coefficient (Wildman–Crippen LogP) is 1.12. The van der Waals surface area contributed by atoms with E-state index in [0.29, 0.717) is 18.4 Å². The van der Waals surface area contributed by atoms with Crippen LogP contribution in [-0.2, 0) is 20.2 Å². The molecule has 1 aliphatic rings. The number of phenolic OH excluding ortho intramolecular Hbond substituents is 1. The Balaban J connectivity index is 2.49. The second-order valence-corrected chi connectivity index (χ2v) is 6.17. The molecule has 0 aliphatic heterocycles. The van der Waals surface area contributed by atoms with Gasteiger partial charge in [0.2, 0.25) is 6.08 Å². The van der Waals surface area contributed by atoms with Gasteiger partial charge in [-0.1, -0.05) is 6.07 Å². The zero-order valence-corrected chi connectivity index (χ0v) is 9.99. The lowest BCUT2D eigenvalue weighted by atomic mass is 10.1. The molecule has 0 spiro atoms. The van der Waals surface area contributed by atoms with E-state index in [2.05, 4.69) is 4.99 Å². The highest BCUT2D eigenvalue weighted by atomic mass is 32.2. The van der Waals surface area contributed by atoms with Crippen molar-refractivity contribution in [2.75, 3.05) is 6.26 Å². The summed E-state index contributed by atoms with van der Waals surface area (Å²) in [6.07, 6.45) is 3.95. The lowest BCUT2D eigenvalue weighted by Crippen LogP contribution is -2.04. The molecule has 0 saturated heterocycles. The molecule has 0 bridgehead atoms. The standard InChI is InChI=1S/C11H11NO4S/c1-17(15,16)10-3-2-8(6-9(10)14)11(4-5-11)12-7-13/h2-3,6,14H,4-5H2,1H3. The molecule has 1 aliphatic carbocycles. The van der Waals surface area contributed by atoms with E-state index in [1.807, 2.05) is 0 Å². The number of benzene rings is 1. The molecule has 1 aromatic rings. The normalized spacial score (nSPS) is 17.2. The monoisotopic (exact) mass is 253 g/mol. The highest BCUT2D eigenvalue weighted by Gasteiger charge is 2.45. The summed E-state index contributed by atoms with van der Waals surface area (Å²) in [5, 5.41) is 9.67. The van der Waals surface area contributed by atoms with Gasteiger partial charge in [-0.2, -0.15) is 4.99 Å². The molecule has 1 saturated carbocycles. The maximum absolute atomic E-state index is 11.3. The van der Waals surface area contributed by atoms with Crippen LogP contribution in [0.25, 0.3) is 0 Å². The predicted molar refractivity (Wildman–Crippen MR) is 60.3 cm³/mol. The van der Waals surface area contributed by atoms with Gasteiger partial charge in [-0.25, -0.2) is 13.2 Å². The van der Waals surface area contributed by atoms with Crippen LogP contribution in [0, 0.1) is 0 Å². The minimum atomic E-state index is -3.45. The van der Waals surface area contributed by atoms with E-state index in [-0.39, 0.29) is 10.6 Å². The van der Waals surface area contributed by atoms with Crippen molar-refractivity contribution in [2.45, 2.75) is 23.3 Å². The Bertz CT molecular complexity index is 610. The van der Waals surface area contributed by atoms with Crippen LogP contribution in [0.1, 0.15) is 18.4 Å². The molecule has 0 atom stereocenters. The number of phenols is 1. The lowest BCUT2D eigenvalue weighted by molar-refractivity contribution is 0.457. The van der Waals surface area contributed by atoms with Crippen LogP contribution in [0.3, 0.4) is 0 Å². The summed E-state index contributed by atoms with van der Waals surface area (Å²) in [5.74, 6) is -0.308. The SMILES string of the molecule is CS(=O)(=O)c1ccc(C2(N=C=O)CC2)cc1O. The van der Waals surface area contributed by atoms with Crippen molar-refractivity contribution in [3.63, 3.8) is 0 Å². The Hall–Kier alpha value is -1.65. The van der Waals surface area contributed by atoms with Gasteiger partial charge >= 0.3 is 0 Å². The Morgan fingerprint density at radius 1 is 1.41 bits per heavy atom. The molecule has 90 valence electrons. The Kier molecular flexibility index (Phi) is 2.56. The largest absolute Gasteiger partial charge is 0.507 e. The average molecular weight is 253 g/mol. The van der Waals surface area contributed by atoms with Gasteiger partial charge in [-0.05, 0) is 30.5 Å². The molecule has 0 aromatic heterocycles. The lowest BCUT2D eigenvalue weighted by Gasteiger charge is -2.10. The molecular weight excluding hydrogens is 242 g/mol. The van der Waals surface area contributed by atoms with Gasteiger partial charge in [-0.15, -0.1) is 0 Å². The third kappa shape index (κ3) is 2.09. The third-order valence-corrected chi connectivity index (χ3v) is 4.02. The molecule has 5 nitrogen and oxygen atoms in total. The van der Waals surface area contributed by atoms with E-state index in [1.54, 1.807) is 6.07 Å². The van der Waals surface area contributed by atoms with Crippen LogP contribution in [0.4, 0.5) is 0 Å². The van der Waals surface area contributed by atoms with Crippen LogP contribution < -0.4 is 0 Å². The molecule has 6 heteroatoms. The smallest absolute Gasteiger partial charge is 0.235 e. The summed E-state index contributed by atoms with van der Waals surface area (Å²) in [6.45, 7) is 0. The topological polar surface area (TPSA) is 83.8 Å². The fourth-order valence-corrected chi connectivity index (χ4v) is 2.55. The molecule has 0 radical (unpaired) electrons. The number of isocyanates is 1. The van der Waals surface area contributed by atoms with E-state index >= 15 is 0 Å². The summed E-state index contributed by atoms with van der Waals surface area (Å²) in [6, 6.07) is 4.26. The minimum Gasteiger partial charge on any atom is -0.507 e. The fourth-order valence-electron chi connectivity index (χ4n) is 1.79. The number of rotatable bonds is 3. The first-order valence-corrected chi connectivity index (χ1v) is 6.91. The number of hydrogen-bond acceptors (Lipinski definition) is 5. The fraction of sp³-hybridized carbons (Fsp3) is 0.364. The van der Waals surface area contributed by atoms with E-state index in [9.17, 15) is 18.3 Å². The van der Waals surface area contributed by atoms with Gasteiger partial charge in [0, 0.05) is 6.26 Å². The van der Waals surface area contributed by atoms with Crippen LogP contribution >= 0.6 is 0 Å². The Morgan fingerprint density at radius 2 is 2.06 bits per heavy atom. The first-order valence-electron chi connectivity index (χ1n) is 5.02. The van der Waals surface area contributed by atoms with Crippen molar-refractivity contribution in [3.8, 4) is 5.75 Å². The molecule has 1 N–H and O–H groups in total. The molecule has 2 rings (SSSR count). The third-order valence-electron chi connectivity index (χ3n) is 2.88. The molecule has 0 unspecified atom stereocenters. The summed E-state index contributed by atoms with van der Waals surface area (Å²) < 4.78 is 22.6. The number of aromatic hydroxyl groups is 1. The highest BCUT2D eigenvalue weighted by Crippen LogP contribution is 2.50. The molecule has 0 heterocycles. The second kappa shape index (κ2) is 3.68. The maximum atomic E-state index is 11.3. The average Bonchev–Trinajstić information content (AvgIpc) is 2.97. The summed E-state index contributed by atoms with van der Waals surface area (Å²) in [4.78, 5) is 13.9.